The topological polar surface area (TPSA) is 72.2 Å². The maximum Gasteiger partial charge on any atom is 0.282 e. The highest BCUT2D eigenvalue weighted by molar-refractivity contribution is 7.99. The Morgan fingerprint density at radius 2 is 2.15 bits per heavy atom. The maximum absolute atomic E-state index is 13.2. The van der Waals surface area contributed by atoms with Crippen molar-refractivity contribution in [3.63, 3.8) is 0 Å². The summed E-state index contributed by atoms with van der Waals surface area (Å²) in [5, 5.41) is 13.5. The molecule has 0 bridgehead atoms. The van der Waals surface area contributed by atoms with Crippen molar-refractivity contribution in [1.29, 1.82) is 0 Å². The summed E-state index contributed by atoms with van der Waals surface area (Å²) >= 11 is 1.89. The lowest BCUT2D eigenvalue weighted by Gasteiger charge is -2.21. The van der Waals surface area contributed by atoms with Crippen LogP contribution in [0.5, 0.6) is 0 Å². The zero-order chi connectivity index (χ0) is 14.5. The van der Waals surface area contributed by atoms with Gasteiger partial charge in [-0.3, -0.25) is 14.9 Å². The monoisotopic (exact) mass is 298 g/mol. The van der Waals surface area contributed by atoms with Gasteiger partial charge < -0.3 is 5.32 Å². The Bertz CT molecular complexity index is 518. The number of carbonyl (C=O) groups excluding carboxylic acids is 1. The second-order valence-electron chi connectivity index (χ2n) is 4.68. The maximum atomic E-state index is 13.2. The van der Waals surface area contributed by atoms with E-state index in [9.17, 15) is 19.3 Å². The van der Waals surface area contributed by atoms with Crippen LogP contribution >= 0.6 is 11.8 Å². The van der Waals surface area contributed by atoms with Gasteiger partial charge in [0.15, 0.2) is 0 Å². The lowest BCUT2D eigenvalue weighted by molar-refractivity contribution is -0.385. The van der Waals surface area contributed by atoms with Gasteiger partial charge in [0.2, 0.25) is 0 Å². The van der Waals surface area contributed by atoms with Crippen LogP contribution in [0, 0.1) is 21.8 Å². The molecule has 0 aromatic heterocycles. The average Bonchev–Trinajstić information content (AvgIpc) is 2.45. The average molecular weight is 298 g/mol. The van der Waals surface area contributed by atoms with Crippen LogP contribution in [-0.4, -0.2) is 28.9 Å². The van der Waals surface area contributed by atoms with Gasteiger partial charge in [-0.05, 0) is 42.4 Å². The third-order valence-electron chi connectivity index (χ3n) is 3.29. The molecule has 2 rings (SSSR count). The summed E-state index contributed by atoms with van der Waals surface area (Å²) in [5.41, 5.74) is -0.594. The summed E-state index contributed by atoms with van der Waals surface area (Å²) in [7, 11) is 0. The summed E-state index contributed by atoms with van der Waals surface area (Å²) in [4.78, 5) is 22.1. The Morgan fingerprint density at radius 1 is 1.45 bits per heavy atom. The van der Waals surface area contributed by atoms with Crippen LogP contribution in [-0.2, 0) is 0 Å². The molecule has 1 saturated heterocycles. The number of nitrogens with one attached hydrogen (secondary N) is 1. The van der Waals surface area contributed by atoms with Crippen molar-refractivity contribution >= 4 is 23.4 Å². The fraction of sp³-hybridized carbons (Fsp3) is 0.462. The number of hydrogen-bond donors (Lipinski definition) is 1. The highest BCUT2D eigenvalue weighted by atomic mass is 32.2. The quantitative estimate of drug-likeness (QED) is 0.685. The number of thioether (sulfide) groups is 1. The zero-order valence-corrected chi connectivity index (χ0v) is 11.6. The summed E-state index contributed by atoms with van der Waals surface area (Å²) in [5.74, 6) is 1.29. The van der Waals surface area contributed by atoms with E-state index in [4.69, 9.17) is 0 Å². The third-order valence-corrected chi connectivity index (χ3v) is 4.34. The lowest BCUT2D eigenvalue weighted by atomic mass is 10.0. The highest BCUT2D eigenvalue weighted by Crippen LogP contribution is 2.23. The zero-order valence-electron chi connectivity index (χ0n) is 10.8. The van der Waals surface area contributed by atoms with E-state index in [2.05, 4.69) is 5.32 Å². The first-order valence-corrected chi connectivity index (χ1v) is 7.53. The number of halogens is 1. The molecule has 0 atom stereocenters. The molecule has 0 spiro atoms. The molecular weight excluding hydrogens is 283 g/mol. The molecule has 1 aliphatic heterocycles. The van der Waals surface area contributed by atoms with E-state index >= 15 is 0 Å². The second-order valence-corrected chi connectivity index (χ2v) is 5.91. The Hall–Kier alpha value is -1.63. The normalized spacial score (nSPS) is 15.8. The Labute approximate surface area is 120 Å². The van der Waals surface area contributed by atoms with Crippen molar-refractivity contribution < 1.29 is 14.1 Å². The van der Waals surface area contributed by atoms with Gasteiger partial charge in [-0.15, -0.1) is 0 Å². The van der Waals surface area contributed by atoms with Crippen LogP contribution in [0.3, 0.4) is 0 Å². The van der Waals surface area contributed by atoms with Crippen LogP contribution in [0.15, 0.2) is 18.2 Å². The van der Waals surface area contributed by atoms with Crippen molar-refractivity contribution in [2.75, 3.05) is 18.1 Å². The van der Waals surface area contributed by atoms with Gasteiger partial charge in [0.1, 0.15) is 11.4 Å². The standard InChI is InChI=1S/C13H15FN2O3S/c14-10-1-2-12(16(18)19)11(7-10)13(17)15-8-9-3-5-20-6-4-9/h1-2,7,9H,3-6,8H2,(H,15,17). The second kappa shape index (κ2) is 6.69. The SMILES string of the molecule is O=C(NCC1CCSCC1)c1cc(F)ccc1[N+](=O)[O-]. The molecule has 0 radical (unpaired) electrons. The van der Waals surface area contributed by atoms with Crippen LogP contribution < -0.4 is 5.32 Å². The lowest BCUT2D eigenvalue weighted by Crippen LogP contribution is -2.31. The first-order valence-electron chi connectivity index (χ1n) is 6.38. The molecule has 0 saturated carbocycles. The van der Waals surface area contributed by atoms with Gasteiger partial charge in [-0.2, -0.15) is 11.8 Å². The largest absolute Gasteiger partial charge is 0.352 e. The van der Waals surface area contributed by atoms with Gasteiger partial charge >= 0.3 is 0 Å². The molecule has 1 fully saturated rings. The van der Waals surface area contributed by atoms with Crippen LogP contribution in [0.4, 0.5) is 10.1 Å². The number of nitro groups is 1. The highest BCUT2D eigenvalue weighted by Gasteiger charge is 2.22. The summed E-state index contributed by atoms with van der Waals surface area (Å²) in [6.45, 7) is 0.479. The summed E-state index contributed by atoms with van der Waals surface area (Å²) in [6.07, 6.45) is 2.05. The van der Waals surface area contributed by atoms with Gasteiger partial charge in [-0.25, -0.2) is 4.39 Å². The van der Waals surface area contributed by atoms with E-state index in [-0.39, 0.29) is 11.3 Å². The molecule has 1 N–H and O–H groups in total. The minimum Gasteiger partial charge on any atom is -0.352 e. The molecule has 0 aliphatic carbocycles. The minimum atomic E-state index is -0.675. The Balaban J connectivity index is 2.04. The van der Waals surface area contributed by atoms with E-state index in [0.717, 1.165) is 42.5 Å². The molecule has 5 nitrogen and oxygen atoms in total. The minimum absolute atomic E-state index is 0.222. The number of hydrogen-bond acceptors (Lipinski definition) is 4. The molecule has 108 valence electrons. The predicted molar refractivity (Wildman–Crippen MR) is 75.4 cm³/mol. The summed E-state index contributed by atoms with van der Waals surface area (Å²) in [6, 6.07) is 2.90. The van der Waals surface area contributed by atoms with E-state index in [1.54, 1.807) is 0 Å². The molecule has 1 aromatic carbocycles. The Morgan fingerprint density at radius 3 is 2.80 bits per heavy atom. The number of benzene rings is 1. The van der Waals surface area contributed by atoms with Crippen molar-refractivity contribution in [2.45, 2.75) is 12.8 Å². The number of rotatable bonds is 4. The molecule has 0 unspecified atom stereocenters. The van der Waals surface area contributed by atoms with Gasteiger partial charge in [-0.1, -0.05) is 0 Å². The molecule has 7 heteroatoms. The third kappa shape index (κ3) is 3.69. The van der Waals surface area contributed by atoms with E-state index < -0.39 is 16.6 Å². The van der Waals surface area contributed by atoms with E-state index in [0.29, 0.717) is 12.5 Å². The number of carbonyl (C=O) groups is 1. The van der Waals surface area contributed by atoms with Gasteiger partial charge in [0, 0.05) is 12.6 Å². The molecule has 1 heterocycles. The fourth-order valence-corrected chi connectivity index (χ4v) is 3.34. The predicted octanol–water partition coefficient (Wildman–Crippen LogP) is 2.61. The van der Waals surface area contributed by atoms with Crippen molar-refractivity contribution in [2.24, 2.45) is 5.92 Å². The van der Waals surface area contributed by atoms with E-state index in [1.165, 1.54) is 0 Å². The molecule has 1 amide bonds. The molecule has 1 aromatic rings. The summed E-state index contributed by atoms with van der Waals surface area (Å²) < 4.78 is 13.2. The molecule has 20 heavy (non-hydrogen) atoms. The first-order chi connectivity index (χ1) is 9.58. The van der Waals surface area contributed by atoms with Crippen molar-refractivity contribution in [3.05, 3.63) is 39.7 Å². The van der Waals surface area contributed by atoms with Crippen LogP contribution in [0.1, 0.15) is 23.2 Å². The number of nitrogens with zero attached hydrogens (tertiary/aromatic N) is 1. The molecular formula is C13H15FN2O3S. The first kappa shape index (κ1) is 14.8. The van der Waals surface area contributed by atoms with Gasteiger partial charge in [0.05, 0.1) is 4.92 Å². The smallest absolute Gasteiger partial charge is 0.282 e. The van der Waals surface area contributed by atoms with Crippen molar-refractivity contribution in [1.82, 2.24) is 5.32 Å². The number of nitro benzene ring substituents is 1. The molecule has 1 aliphatic rings. The van der Waals surface area contributed by atoms with Crippen LogP contribution in [0.25, 0.3) is 0 Å². The Kier molecular flexibility index (Phi) is 4.94. The van der Waals surface area contributed by atoms with Crippen molar-refractivity contribution in [3.8, 4) is 0 Å². The van der Waals surface area contributed by atoms with Crippen LogP contribution in [0.2, 0.25) is 0 Å². The number of amides is 1. The van der Waals surface area contributed by atoms with E-state index in [1.807, 2.05) is 11.8 Å². The fourth-order valence-electron chi connectivity index (χ4n) is 2.13. The van der Waals surface area contributed by atoms with Gasteiger partial charge in [0.25, 0.3) is 11.6 Å².